The second-order valence-corrected chi connectivity index (χ2v) is 7.70. The van der Waals surface area contributed by atoms with Gasteiger partial charge in [0.25, 0.3) is 5.91 Å². The first-order valence-corrected chi connectivity index (χ1v) is 10.2. The first kappa shape index (κ1) is 18.5. The lowest BCUT2D eigenvalue weighted by Crippen LogP contribution is -2.28. The van der Waals surface area contributed by atoms with Crippen LogP contribution in [0.25, 0.3) is 16.7 Å². The number of nitrogens with zero attached hydrogens (tertiary/aromatic N) is 3. The van der Waals surface area contributed by atoms with Gasteiger partial charge in [-0.3, -0.25) is 4.79 Å². The molecule has 0 bridgehead atoms. The fourth-order valence-corrected chi connectivity index (χ4v) is 4.09. The summed E-state index contributed by atoms with van der Waals surface area (Å²) in [6.45, 7) is 1.90. The third kappa shape index (κ3) is 3.26. The molecule has 2 aromatic carbocycles. The van der Waals surface area contributed by atoms with E-state index in [4.69, 9.17) is 0 Å². The van der Waals surface area contributed by atoms with E-state index < -0.39 is 0 Å². The third-order valence-corrected chi connectivity index (χ3v) is 5.63. The van der Waals surface area contributed by atoms with Crippen molar-refractivity contribution in [3.8, 4) is 5.69 Å². The van der Waals surface area contributed by atoms with Crippen LogP contribution in [-0.2, 0) is 12.8 Å². The maximum Gasteiger partial charge on any atom is 0.272 e. The number of amides is 1. The van der Waals surface area contributed by atoms with Crippen molar-refractivity contribution >= 4 is 16.9 Å². The van der Waals surface area contributed by atoms with Crippen molar-refractivity contribution in [1.82, 2.24) is 25.1 Å². The Hall–Kier alpha value is -3.48. The van der Waals surface area contributed by atoms with E-state index in [0.717, 1.165) is 53.7 Å². The largest absolute Gasteiger partial charge is 0.341 e. The lowest BCUT2D eigenvalue weighted by molar-refractivity contribution is 0.0932. The number of hydrogen-bond donors (Lipinski definition) is 2. The lowest BCUT2D eigenvalue weighted by atomic mass is 9.95. The van der Waals surface area contributed by atoms with Gasteiger partial charge in [-0.25, -0.2) is 14.1 Å². The number of hydrogen-bond acceptors (Lipinski definition) is 3. The van der Waals surface area contributed by atoms with Crippen molar-refractivity contribution in [2.24, 2.45) is 0 Å². The molecule has 2 aromatic heterocycles. The fourth-order valence-electron chi connectivity index (χ4n) is 4.09. The van der Waals surface area contributed by atoms with E-state index in [-0.39, 0.29) is 17.8 Å². The molecule has 6 nitrogen and oxygen atoms in total. The van der Waals surface area contributed by atoms with Crippen LogP contribution in [0, 0.1) is 5.82 Å². The van der Waals surface area contributed by atoms with Gasteiger partial charge in [0.15, 0.2) is 5.69 Å². The topological polar surface area (TPSA) is 75.6 Å². The van der Waals surface area contributed by atoms with E-state index in [1.165, 1.54) is 12.1 Å². The minimum atomic E-state index is -0.294. The minimum absolute atomic E-state index is 0.220. The average Bonchev–Trinajstić information content (AvgIpc) is 3.36. The Morgan fingerprint density at radius 3 is 2.70 bits per heavy atom. The molecule has 0 fully saturated rings. The number of H-pyrrole nitrogens is 1. The highest BCUT2D eigenvalue weighted by Gasteiger charge is 2.27. The molecule has 1 unspecified atom stereocenters. The highest BCUT2D eigenvalue weighted by molar-refractivity contribution is 5.94. The molecule has 2 heterocycles. The van der Waals surface area contributed by atoms with Crippen molar-refractivity contribution < 1.29 is 9.18 Å². The second kappa shape index (κ2) is 7.40. The molecule has 7 heteroatoms. The number of imidazole rings is 1. The highest BCUT2D eigenvalue weighted by atomic mass is 19.1. The summed E-state index contributed by atoms with van der Waals surface area (Å²) in [6.07, 6.45) is 3.75. The Kier molecular flexibility index (Phi) is 4.58. The Balaban J connectivity index is 1.45. The van der Waals surface area contributed by atoms with Crippen molar-refractivity contribution in [3.63, 3.8) is 0 Å². The summed E-state index contributed by atoms with van der Waals surface area (Å²) in [6, 6.07) is 13.7. The van der Waals surface area contributed by atoms with E-state index in [1.54, 1.807) is 16.8 Å². The smallest absolute Gasteiger partial charge is 0.272 e. The van der Waals surface area contributed by atoms with Crippen LogP contribution in [0.2, 0.25) is 0 Å². The molecule has 152 valence electrons. The Bertz CT molecular complexity index is 1190. The number of rotatable bonds is 4. The molecule has 1 atom stereocenters. The number of carbonyl (C=O) groups excluding carboxylic acids is 1. The predicted molar refractivity (Wildman–Crippen MR) is 112 cm³/mol. The minimum Gasteiger partial charge on any atom is -0.341 e. The first-order chi connectivity index (χ1) is 14.6. The summed E-state index contributed by atoms with van der Waals surface area (Å²) in [4.78, 5) is 21.0. The van der Waals surface area contributed by atoms with E-state index in [0.29, 0.717) is 11.5 Å². The van der Waals surface area contributed by atoms with Gasteiger partial charge in [0, 0.05) is 11.3 Å². The molecular formula is C23H22FN5O. The summed E-state index contributed by atoms with van der Waals surface area (Å²) in [5.74, 6) is 0.191. The molecule has 1 aliphatic rings. The van der Waals surface area contributed by atoms with Gasteiger partial charge in [0.1, 0.15) is 11.6 Å². The number of fused-ring (bicyclic) bond motifs is 2. The van der Waals surface area contributed by atoms with Gasteiger partial charge >= 0.3 is 0 Å². The molecule has 0 radical (unpaired) electrons. The van der Waals surface area contributed by atoms with Crippen LogP contribution < -0.4 is 5.32 Å². The lowest BCUT2D eigenvalue weighted by Gasteiger charge is -2.15. The molecule has 0 saturated carbocycles. The molecule has 5 rings (SSSR count). The van der Waals surface area contributed by atoms with E-state index in [1.807, 2.05) is 31.2 Å². The fraction of sp³-hybridized carbons (Fsp3) is 0.261. The van der Waals surface area contributed by atoms with Gasteiger partial charge in [-0.05, 0) is 69.0 Å². The Labute approximate surface area is 173 Å². The SMILES string of the molecule is CC(NC(=O)c1nn(-c2ccc(F)cc2)c2c1CCCC2)c1nc2ccccc2[nH]1. The first-order valence-electron chi connectivity index (χ1n) is 10.2. The van der Waals surface area contributed by atoms with Gasteiger partial charge < -0.3 is 10.3 Å². The van der Waals surface area contributed by atoms with Crippen LogP contribution in [-0.4, -0.2) is 25.7 Å². The number of carbonyl (C=O) groups is 1. The van der Waals surface area contributed by atoms with Gasteiger partial charge in [0.2, 0.25) is 0 Å². The average molecular weight is 403 g/mol. The summed E-state index contributed by atoms with van der Waals surface area (Å²) in [7, 11) is 0. The second-order valence-electron chi connectivity index (χ2n) is 7.70. The molecule has 0 aliphatic heterocycles. The predicted octanol–water partition coefficient (Wildman–Crippen LogP) is 4.26. The molecule has 1 amide bonds. The zero-order chi connectivity index (χ0) is 20.7. The highest BCUT2D eigenvalue weighted by Crippen LogP contribution is 2.27. The number of aromatic amines is 1. The van der Waals surface area contributed by atoms with Gasteiger partial charge in [-0.1, -0.05) is 12.1 Å². The van der Waals surface area contributed by atoms with E-state index in [2.05, 4.69) is 20.4 Å². The van der Waals surface area contributed by atoms with Crippen molar-refractivity contribution in [3.05, 3.63) is 77.1 Å². The monoisotopic (exact) mass is 403 g/mol. The molecule has 0 saturated heterocycles. The number of nitrogens with one attached hydrogen (secondary N) is 2. The molecule has 30 heavy (non-hydrogen) atoms. The van der Waals surface area contributed by atoms with Crippen LogP contribution in [0.1, 0.15) is 53.4 Å². The molecule has 2 N–H and O–H groups in total. The number of halogens is 1. The quantitative estimate of drug-likeness (QED) is 0.535. The molecule has 0 spiro atoms. The zero-order valence-corrected chi connectivity index (χ0v) is 16.7. The number of para-hydroxylation sites is 2. The normalized spacial score (nSPS) is 14.5. The van der Waals surface area contributed by atoms with Gasteiger partial charge in [-0.2, -0.15) is 5.10 Å². The van der Waals surface area contributed by atoms with Crippen molar-refractivity contribution in [1.29, 1.82) is 0 Å². The summed E-state index contributed by atoms with van der Waals surface area (Å²) < 4.78 is 15.1. The maximum absolute atomic E-state index is 13.4. The van der Waals surface area contributed by atoms with Crippen LogP contribution >= 0.6 is 0 Å². The molecular weight excluding hydrogens is 381 g/mol. The van der Waals surface area contributed by atoms with Crippen molar-refractivity contribution in [2.45, 2.75) is 38.6 Å². The van der Waals surface area contributed by atoms with E-state index in [9.17, 15) is 9.18 Å². The summed E-state index contributed by atoms with van der Waals surface area (Å²) in [5, 5.41) is 7.66. The number of aromatic nitrogens is 4. The van der Waals surface area contributed by atoms with Crippen LogP contribution in [0.4, 0.5) is 4.39 Å². The molecule has 4 aromatic rings. The third-order valence-electron chi connectivity index (χ3n) is 5.63. The van der Waals surface area contributed by atoms with Crippen LogP contribution in [0.15, 0.2) is 48.5 Å². The summed E-state index contributed by atoms with van der Waals surface area (Å²) >= 11 is 0. The Morgan fingerprint density at radius 2 is 1.90 bits per heavy atom. The van der Waals surface area contributed by atoms with Crippen LogP contribution in [0.5, 0.6) is 0 Å². The van der Waals surface area contributed by atoms with E-state index >= 15 is 0 Å². The zero-order valence-electron chi connectivity index (χ0n) is 16.7. The molecule has 1 aliphatic carbocycles. The van der Waals surface area contributed by atoms with Crippen molar-refractivity contribution in [2.75, 3.05) is 0 Å². The standard InChI is InChI=1S/C23H22FN5O/c1-14(22-26-18-7-3-4-8-19(18)27-22)25-23(30)21-17-6-2-5-9-20(17)29(28-21)16-12-10-15(24)11-13-16/h3-4,7-8,10-14H,2,5-6,9H2,1H3,(H,25,30)(H,26,27). The van der Waals surface area contributed by atoms with Gasteiger partial charge in [0.05, 0.1) is 22.8 Å². The number of benzene rings is 2. The van der Waals surface area contributed by atoms with Crippen LogP contribution in [0.3, 0.4) is 0 Å². The maximum atomic E-state index is 13.4. The Morgan fingerprint density at radius 1 is 1.13 bits per heavy atom. The summed E-state index contributed by atoms with van der Waals surface area (Å²) in [5.41, 5.74) is 5.03. The van der Waals surface area contributed by atoms with Gasteiger partial charge in [-0.15, -0.1) is 0 Å².